The van der Waals surface area contributed by atoms with E-state index in [4.69, 9.17) is 0 Å². The van der Waals surface area contributed by atoms with E-state index < -0.39 is 0 Å². The minimum Gasteiger partial charge on any atom is -0.149 e. The highest BCUT2D eigenvalue weighted by Gasteiger charge is 2.66. The molecule has 0 radical (unpaired) electrons. The first-order valence-corrected chi connectivity index (χ1v) is 8.30. The molecule has 0 amide bonds. The summed E-state index contributed by atoms with van der Waals surface area (Å²) in [6, 6.07) is 4.46. The maximum absolute atomic E-state index is 3.97. The van der Waals surface area contributed by atoms with Crippen molar-refractivity contribution in [2.24, 2.45) is 29.6 Å². The third-order valence-corrected chi connectivity index (χ3v) is 7.02. The summed E-state index contributed by atoms with van der Waals surface area (Å²) in [5.41, 5.74) is 0. The van der Waals surface area contributed by atoms with Gasteiger partial charge in [-0.3, -0.25) is 0 Å². The Labute approximate surface area is 110 Å². The predicted molar refractivity (Wildman–Crippen MR) is 72.0 cm³/mol. The Morgan fingerprint density at radius 1 is 1.31 bits per heavy atom. The second-order valence-electron chi connectivity index (χ2n) is 5.86. The molecule has 0 nitrogen and oxygen atoms in total. The van der Waals surface area contributed by atoms with Crippen LogP contribution < -0.4 is 0 Å². The molecule has 86 valence electrons. The van der Waals surface area contributed by atoms with E-state index in [9.17, 15) is 0 Å². The molecule has 16 heavy (non-hydrogen) atoms. The second kappa shape index (κ2) is 3.58. The van der Waals surface area contributed by atoms with Gasteiger partial charge in [-0.25, -0.2) is 0 Å². The molecule has 1 heterocycles. The van der Waals surface area contributed by atoms with Gasteiger partial charge in [0.2, 0.25) is 0 Å². The van der Waals surface area contributed by atoms with E-state index >= 15 is 0 Å². The maximum Gasteiger partial charge on any atom is 0.0228 e. The van der Waals surface area contributed by atoms with Crippen LogP contribution in [0.15, 0.2) is 17.5 Å². The highest BCUT2D eigenvalue weighted by Crippen LogP contribution is 2.71. The van der Waals surface area contributed by atoms with Crippen LogP contribution >= 0.6 is 27.3 Å². The van der Waals surface area contributed by atoms with Crippen LogP contribution in [0.25, 0.3) is 0 Å². The highest BCUT2D eigenvalue weighted by atomic mass is 79.9. The summed E-state index contributed by atoms with van der Waals surface area (Å²) in [5, 5.41) is 2.20. The quantitative estimate of drug-likeness (QED) is 0.728. The molecule has 2 bridgehead atoms. The Morgan fingerprint density at radius 2 is 2.06 bits per heavy atom. The predicted octanol–water partition coefficient (Wildman–Crippen LogP) is 4.35. The lowest BCUT2D eigenvalue weighted by molar-refractivity contribution is 0.455. The van der Waals surface area contributed by atoms with Gasteiger partial charge in [-0.1, -0.05) is 22.0 Å². The van der Waals surface area contributed by atoms with Crippen LogP contribution in [0.1, 0.15) is 24.1 Å². The molecule has 1 aromatic rings. The molecule has 5 unspecified atom stereocenters. The second-order valence-corrected chi connectivity index (χ2v) is 8.07. The molecule has 3 fully saturated rings. The van der Waals surface area contributed by atoms with Crippen molar-refractivity contribution < 1.29 is 0 Å². The molecule has 3 aliphatic rings. The number of thiophene rings is 1. The minimum atomic E-state index is 0.754. The van der Waals surface area contributed by atoms with E-state index in [1.807, 2.05) is 11.3 Å². The zero-order valence-corrected chi connectivity index (χ0v) is 11.7. The Balaban J connectivity index is 1.45. The fourth-order valence-electron chi connectivity index (χ4n) is 4.63. The maximum atomic E-state index is 3.97. The molecule has 0 aliphatic heterocycles. The summed E-state index contributed by atoms with van der Waals surface area (Å²) in [4.78, 5) is 2.31. The van der Waals surface area contributed by atoms with Crippen molar-refractivity contribution >= 4 is 27.3 Å². The summed E-state index contributed by atoms with van der Waals surface area (Å²) >= 11 is 5.88. The first-order chi connectivity index (χ1) is 7.84. The lowest BCUT2D eigenvalue weighted by Crippen LogP contribution is -2.11. The van der Waals surface area contributed by atoms with Gasteiger partial charge < -0.3 is 0 Å². The van der Waals surface area contributed by atoms with Gasteiger partial charge in [0.15, 0.2) is 0 Å². The largest absolute Gasteiger partial charge is 0.149 e. The van der Waals surface area contributed by atoms with E-state index in [1.54, 1.807) is 24.1 Å². The average Bonchev–Trinajstić information content (AvgIpc) is 2.73. The van der Waals surface area contributed by atoms with Gasteiger partial charge in [-0.2, -0.15) is 0 Å². The average molecular weight is 297 g/mol. The van der Waals surface area contributed by atoms with Gasteiger partial charge in [0, 0.05) is 9.70 Å². The van der Waals surface area contributed by atoms with Crippen molar-refractivity contribution in [3.05, 3.63) is 22.4 Å². The summed E-state index contributed by atoms with van der Waals surface area (Å²) in [5.74, 6) is 5.48. The molecule has 4 rings (SSSR count). The number of hydrogen-bond donors (Lipinski definition) is 0. The number of fused-ring (bicyclic) bond motifs is 5. The molecule has 0 saturated heterocycles. The third kappa shape index (κ3) is 1.38. The zero-order chi connectivity index (χ0) is 10.7. The van der Waals surface area contributed by atoms with Crippen molar-refractivity contribution in [1.29, 1.82) is 0 Å². The monoisotopic (exact) mass is 296 g/mol. The van der Waals surface area contributed by atoms with E-state index in [0.29, 0.717) is 0 Å². The number of hydrogen-bond acceptors (Lipinski definition) is 1. The normalized spacial score (nSPS) is 45.7. The molecular formula is C14H17BrS. The van der Waals surface area contributed by atoms with Gasteiger partial charge in [0.05, 0.1) is 0 Å². The Morgan fingerprint density at radius 3 is 2.69 bits per heavy atom. The van der Waals surface area contributed by atoms with E-state index in [1.165, 1.54) is 6.42 Å². The summed E-state index contributed by atoms with van der Waals surface area (Å²) in [7, 11) is 0. The lowest BCUT2D eigenvalue weighted by atomic mass is 9.99. The van der Waals surface area contributed by atoms with Gasteiger partial charge in [0.1, 0.15) is 0 Å². The molecule has 0 aromatic carbocycles. The first-order valence-electron chi connectivity index (χ1n) is 6.51. The van der Waals surface area contributed by atoms with Crippen molar-refractivity contribution in [1.82, 2.24) is 0 Å². The molecule has 3 aliphatic carbocycles. The smallest absolute Gasteiger partial charge is 0.0228 e. The Kier molecular flexibility index (Phi) is 2.27. The van der Waals surface area contributed by atoms with Crippen molar-refractivity contribution in [2.45, 2.75) is 30.5 Å². The topological polar surface area (TPSA) is 0 Å². The van der Waals surface area contributed by atoms with Gasteiger partial charge in [-0.15, -0.1) is 11.3 Å². The standard InChI is InChI=1S/C14H17BrS/c15-11(7-10-2-1-5-16-10)14-12-8-3-4-9(6-8)13(12)14/h1-2,5,8-9,11-14H,3-4,6-7H2. The number of halogens is 1. The van der Waals surface area contributed by atoms with Crippen LogP contribution in [0.4, 0.5) is 0 Å². The molecule has 0 spiro atoms. The van der Waals surface area contributed by atoms with Crippen molar-refractivity contribution in [2.75, 3.05) is 0 Å². The lowest BCUT2D eigenvalue weighted by Gasteiger charge is -2.13. The number of rotatable bonds is 3. The summed E-state index contributed by atoms with van der Waals surface area (Å²) < 4.78 is 0. The Bertz CT molecular complexity index is 369. The highest BCUT2D eigenvalue weighted by molar-refractivity contribution is 9.09. The fourth-order valence-corrected chi connectivity index (χ4v) is 6.67. The molecule has 5 atom stereocenters. The molecule has 1 aromatic heterocycles. The van der Waals surface area contributed by atoms with E-state index in [0.717, 1.165) is 34.4 Å². The van der Waals surface area contributed by atoms with Crippen LogP contribution in [0.5, 0.6) is 0 Å². The van der Waals surface area contributed by atoms with Gasteiger partial charge >= 0.3 is 0 Å². The molecule has 3 saturated carbocycles. The SMILES string of the molecule is BrC(Cc1cccs1)C1C2C3CCC(C3)C12. The fraction of sp³-hybridized carbons (Fsp3) is 0.714. The minimum absolute atomic E-state index is 0.754. The van der Waals surface area contributed by atoms with Crippen LogP contribution in [0, 0.1) is 29.6 Å². The number of alkyl halides is 1. The molecule has 0 N–H and O–H groups in total. The van der Waals surface area contributed by atoms with Crippen LogP contribution in [-0.2, 0) is 6.42 Å². The van der Waals surface area contributed by atoms with E-state index in [-0.39, 0.29) is 0 Å². The van der Waals surface area contributed by atoms with Crippen LogP contribution in [0.2, 0.25) is 0 Å². The molecular weight excluding hydrogens is 280 g/mol. The van der Waals surface area contributed by atoms with Crippen LogP contribution in [0.3, 0.4) is 0 Å². The molecule has 2 heteroatoms. The summed E-state index contributed by atoms with van der Waals surface area (Å²) in [6.07, 6.45) is 5.92. The van der Waals surface area contributed by atoms with Crippen molar-refractivity contribution in [3.63, 3.8) is 0 Å². The van der Waals surface area contributed by atoms with Crippen LogP contribution in [-0.4, -0.2) is 4.83 Å². The van der Waals surface area contributed by atoms with Gasteiger partial charge in [0.25, 0.3) is 0 Å². The Hall–Kier alpha value is 0.180. The third-order valence-electron chi connectivity index (χ3n) is 5.19. The summed E-state index contributed by atoms with van der Waals surface area (Å²) in [6.45, 7) is 0. The van der Waals surface area contributed by atoms with E-state index in [2.05, 4.69) is 33.4 Å². The van der Waals surface area contributed by atoms with Gasteiger partial charge in [-0.05, 0) is 66.7 Å². The first kappa shape index (κ1) is 10.1. The zero-order valence-electron chi connectivity index (χ0n) is 9.31. The van der Waals surface area contributed by atoms with Crippen molar-refractivity contribution in [3.8, 4) is 0 Å².